The Morgan fingerprint density at radius 2 is 2.06 bits per heavy atom. The van der Waals surface area contributed by atoms with E-state index in [9.17, 15) is 5.11 Å². The zero-order valence-electron chi connectivity index (χ0n) is 10.5. The molecule has 1 aromatic carbocycles. The van der Waals surface area contributed by atoms with Crippen molar-refractivity contribution in [2.75, 3.05) is 18.0 Å². The van der Waals surface area contributed by atoms with Crippen LogP contribution in [0.5, 0.6) is 0 Å². The van der Waals surface area contributed by atoms with E-state index in [1.165, 1.54) is 11.3 Å². The number of anilines is 1. The highest BCUT2D eigenvalue weighted by Crippen LogP contribution is 2.27. The molecule has 1 heterocycles. The lowest BCUT2D eigenvalue weighted by Crippen LogP contribution is -2.29. The molecule has 0 bridgehead atoms. The topological polar surface area (TPSA) is 49.5 Å². The highest BCUT2D eigenvalue weighted by atomic mass is 16.3. The lowest BCUT2D eigenvalue weighted by Gasteiger charge is -2.26. The Hall–Kier alpha value is -1.06. The molecule has 1 saturated heterocycles. The van der Waals surface area contributed by atoms with Crippen LogP contribution in [0.3, 0.4) is 0 Å². The van der Waals surface area contributed by atoms with Gasteiger partial charge in [0.2, 0.25) is 0 Å². The molecule has 1 aliphatic rings. The molecule has 0 amide bonds. The molecule has 1 aliphatic heterocycles. The highest BCUT2D eigenvalue weighted by Gasteiger charge is 2.25. The van der Waals surface area contributed by atoms with Crippen molar-refractivity contribution in [3.63, 3.8) is 0 Å². The lowest BCUT2D eigenvalue weighted by atomic mass is 9.98. The summed E-state index contributed by atoms with van der Waals surface area (Å²) in [6, 6.07) is 8.29. The van der Waals surface area contributed by atoms with Crippen LogP contribution in [0.1, 0.15) is 31.7 Å². The van der Waals surface area contributed by atoms with Crippen LogP contribution in [0.2, 0.25) is 0 Å². The van der Waals surface area contributed by atoms with E-state index in [1.807, 2.05) is 13.0 Å². The molecule has 1 aromatic rings. The van der Waals surface area contributed by atoms with Crippen LogP contribution < -0.4 is 10.6 Å². The van der Waals surface area contributed by atoms with Crippen molar-refractivity contribution in [2.45, 2.75) is 38.3 Å². The first-order valence-corrected chi connectivity index (χ1v) is 6.38. The van der Waals surface area contributed by atoms with Crippen LogP contribution in [0.25, 0.3) is 0 Å². The molecule has 3 heteroatoms. The van der Waals surface area contributed by atoms with E-state index in [1.54, 1.807) is 0 Å². The predicted molar refractivity (Wildman–Crippen MR) is 71.0 cm³/mol. The van der Waals surface area contributed by atoms with Gasteiger partial charge in [-0.15, -0.1) is 0 Å². The average molecular weight is 234 g/mol. The summed E-state index contributed by atoms with van der Waals surface area (Å²) in [7, 11) is 0. The first kappa shape index (κ1) is 12.4. The maximum absolute atomic E-state index is 10.1. The van der Waals surface area contributed by atoms with Crippen molar-refractivity contribution < 1.29 is 5.11 Å². The molecule has 0 spiro atoms. The number of nitrogens with zero attached hydrogens (tertiary/aromatic N) is 1. The molecular weight excluding hydrogens is 212 g/mol. The molecule has 17 heavy (non-hydrogen) atoms. The van der Waals surface area contributed by atoms with Gasteiger partial charge in [-0.3, -0.25) is 0 Å². The Morgan fingerprint density at radius 3 is 2.82 bits per heavy atom. The van der Waals surface area contributed by atoms with Gasteiger partial charge in [0.1, 0.15) is 0 Å². The molecular formula is C14H22N2O. The van der Waals surface area contributed by atoms with Gasteiger partial charge in [0.05, 0.1) is 5.60 Å². The summed E-state index contributed by atoms with van der Waals surface area (Å²) in [6.07, 6.45) is 2.74. The quantitative estimate of drug-likeness (QED) is 0.821. The maximum atomic E-state index is 10.1. The van der Waals surface area contributed by atoms with Crippen LogP contribution in [-0.2, 0) is 6.54 Å². The SMILES string of the molecule is CC1(O)CCCN(c2ccccc2CN)CC1. The molecule has 3 N–H and O–H groups in total. The van der Waals surface area contributed by atoms with E-state index in [-0.39, 0.29) is 0 Å². The summed E-state index contributed by atoms with van der Waals surface area (Å²) in [5.74, 6) is 0. The van der Waals surface area contributed by atoms with E-state index in [0.29, 0.717) is 6.54 Å². The first-order valence-electron chi connectivity index (χ1n) is 6.38. The van der Waals surface area contributed by atoms with Crippen LogP contribution in [0.15, 0.2) is 24.3 Å². The van der Waals surface area contributed by atoms with Gasteiger partial charge < -0.3 is 15.7 Å². The second kappa shape index (κ2) is 5.07. The zero-order chi connectivity index (χ0) is 12.3. The number of nitrogens with two attached hydrogens (primary N) is 1. The van der Waals surface area contributed by atoms with Gasteiger partial charge in [0.15, 0.2) is 0 Å². The van der Waals surface area contributed by atoms with Crippen LogP contribution >= 0.6 is 0 Å². The van der Waals surface area contributed by atoms with Crippen LogP contribution in [0, 0.1) is 0 Å². The monoisotopic (exact) mass is 234 g/mol. The van der Waals surface area contributed by atoms with Gasteiger partial charge in [-0.05, 0) is 37.8 Å². The third-order valence-corrected chi connectivity index (χ3v) is 3.62. The molecule has 0 saturated carbocycles. The summed E-state index contributed by atoms with van der Waals surface area (Å²) < 4.78 is 0. The van der Waals surface area contributed by atoms with E-state index in [4.69, 9.17) is 5.73 Å². The molecule has 1 atom stereocenters. The van der Waals surface area contributed by atoms with Gasteiger partial charge in [-0.1, -0.05) is 18.2 Å². The largest absolute Gasteiger partial charge is 0.390 e. The third kappa shape index (κ3) is 2.99. The standard InChI is InChI=1S/C14H22N2O/c1-14(17)7-4-9-16(10-8-14)13-6-3-2-5-12(13)11-15/h2-3,5-6,17H,4,7-11,15H2,1H3. The highest BCUT2D eigenvalue weighted by molar-refractivity contribution is 5.53. The number of benzene rings is 1. The smallest absolute Gasteiger partial charge is 0.0637 e. The Kier molecular flexibility index (Phi) is 3.69. The lowest BCUT2D eigenvalue weighted by molar-refractivity contribution is 0.0481. The molecule has 1 unspecified atom stereocenters. The minimum atomic E-state index is -0.508. The summed E-state index contributed by atoms with van der Waals surface area (Å²) in [4.78, 5) is 2.35. The fourth-order valence-electron chi connectivity index (χ4n) is 2.50. The average Bonchev–Trinajstić information content (AvgIpc) is 2.50. The van der Waals surface area contributed by atoms with Crippen LogP contribution in [-0.4, -0.2) is 23.8 Å². The Labute approximate surface area is 103 Å². The van der Waals surface area contributed by atoms with Crippen molar-refractivity contribution in [1.29, 1.82) is 0 Å². The second-order valence-corrected chi connectivity index (χ2v) is 5.17. The first-order chi connectivity index (χ1) is 8.12. The third-order valence-electron chi connectivity index (χ3n) is 3.62. The molecule has 2 rings (SSSR count). The van der Waals surface area contributed by atoms with Crippen molar-refractivity contribution in [1.82, 2.24) is 0 Å². The van der Waals surface area contributed by atoms with Gasteiger partial charge in [0, 0.05) is 25.3 Å². The number of hydrogen-bond donors (Lipinski definition) is 2. The number of hydrogen-bond acceptors (Lipinski definition) is 3. The van der Waals surface area contributed by atoms with Gasteiger partial charge in [0.25, 0.3) is 0 Å². The summed E-state index contributed by atoms with van der Waals surface area (Å²) in [5.41, 5.74) is 7.68. The summed E-state index contributed by atoms with van der Waals surface area (Å²) >= 11 is 0. The molecule has 1 fully saturated rings. The Morgan fingerprint density at radius 1 is 1.29 bits per heavy atom. The number of rotatable bonds is 2. The molecule has 0 aromatic heterocycles. The molecule has 94 valence electrons. The van der Waals surface area contributed by atoms with Gasteiger partial charge in [-0.25, -0.2) is 0 Å². The van der Waals surface area contributed by atoms with E-state index in [2.05, 4.69) is 23.1 Å². The Balaban J connectivity index is 2.17. The predicted octanol–water partition coefficient (Wildman–Crippen LogP) is 1.89. The minimum Gasteiger partial charge on any atom is -0.390 e. The number of aliphatic hydroxyl groups is 1. The fraction of sp³-hybridized carbons (Fsp3) is 0.571. The fourth-order valence-corrected chi connectivity index (χ4v) is 2.50. The van der Waals surface area contributed by atoms with E-state index < -0.39 is 5.60 Å². The number of para-hydroxylation sites is 1. The summed E-state index contributed by atoms with van der Waals surface area (Å²) in [6.45, 7) is 4.42. The van der Waals surface area contributed by atoms with Gasteiger partial charge >= 0.3 is 0 Å². The maximum Gasteiger partial charge on any atom is 0.0637 e. The second-order valence-electron chi connectivity index (χ2n) is 5.17. The minimum absolute atomic E-state index is 0.508. The van der Waals surface area contributed by atoms with E-state index >= 15 is 0 Å². The summed E-state index contributed by atoms with van der Waals surface area (Å²) in [5, 5.41) is 10.1. The van der Waals surface area contributed by atoms with Crippen molar-refractivity contribution >= 4 is 5.69 Å². The zero-order valence-corrected chi connectivity index (χ0v) is 10.5. The molecule has 3 nitrogen and oxygen atoms in total. The van der Waals surface area contributed by atoms with Gasteiger partial charge in [-0.2, -0.15) is 0 Å². The normalized spacial score (nSPS) is 25.7. The molecule has 0 aliphatic carbocycles. The van der Waals surface area contributed by atoms with Crippen molar-refractivity contribution in [2.24, 2.45) is 5.73 Å². The molecule has 0 radical (unpaired) electrons. The van der Waals surface area contributed by atoms with Crippen molar-refractivity contribution in [3.8, 4) is 0 Å². The van der Waals surface area contributed by atoms with Crippen molar-refractivity contribution in [3.05, 3.63) is 29.8 Å². The van der Waals surface area contributed by atoms with E-state index in [0.717, 1.165) is 32.4 Å². The Bertz CT molecular complexity index is 376. The van der Waals surface area contributed by atoms with Crippen LogP contribution in [0.4, 0.5) is 5.69 Å².